The van der Waals surface area contributed by atoms with Gasteiger partial charge in [0.15, 0.2) is 11.8 Å². The highest BCUT2D eigenvalue weighted by atomic mass is 19.1. The molecule has 1 amide bonds. The van der Waals surface area contributed by atoms with Crippen molar-refractivity contribution in [2.75, 3.05) is 5.32 Å². The molecule has 1 aromatic carbocycles. The van der Waals surface area contributed by atoms with E-state index in [-0.39, 0.29) is 5.69 Å². The first-order valence-corrected chi connectivity index (χ1v) is 6.52. The van der Waals surface area contributed by atoms with E-state index in [1.807, 2.05) is 0 Å². The average Bonchev–Trinajstić information content (AvgIpc) is 2.50. The molecule has 0 radical (unpaired) electrons. The predicted octanol–water partition coefficient (Wildman–Crippen LogP) is 2.11. The van der Waals surface area contributed by atoms with Crippen LogP contribution in [0.25, 0.3) is 0 Å². The molecule has 0 fully saturated rings. The molecule has 0 saturated heterocycles. The van der Waals surface area contributed by atoms with Gasteiger partial charge in [0.05, 0.1) is 11.9 Å². The summed E-state index contributed by atoms with van der Waals surface area (Å²) in [4.78, 5) is 31.5. The molecular formula is C15H14FN3O3. The first kappa shape index (κ1) is 15.6. The average molecular weight is 303 g/mol. The topological polar surface area (TPSA) is 81.2 Å². The zero-order chi connectivity index (χ0) is 16.1. The lowest BCUT2D eigenvalue weighted by atomic mass is 10.3. The van der Waals surface area contributed by atoms with Gasteiger partial charge in [-0.15, -0.1) is 0 Å². The first-order chi connectivity index (χ1) is 10.5. The Hall–Kier alpha value is -2.83. The number of carbonyl (C=O) groups is 2. The number of carbonyl (C=O) groups excluding carboxylic acids is 2. The quantitative estimate of drug-likeness (QED) is 0.875. The van der Waals surface area contributed by atoms with E-state index in [1.165, 1.54) is 43.6 Å². The van der Waals surface area contributed by atoms with Crippen LogP contribution in [0, 0.1) is 12.7 Å². The van der Waals surface area contributed by atoms with Crippen LogP contribution in [0.2, 0.25) is 0 Å². The molecular weight excluding hydrogens is 289 g/mol. The molecule has 0 aliphatic carbocycles. The van der Waals surface area contributed by atoms with E-state index in [2.05, 4.69) is 15.3 Å². The minimum atomic E-state index is -1.03. The Morgan fingerprint density at radius 2 is 1.86 bits per heavy atom. The third-order valence-corrected chi connectivity index (χ3v) is 2.75. The lowest BCUT2D eigenvalue weighted by Gasteiger charge is -2.13. The molecule has 7 heteroatoms. The van der Waals surface area contributed by atoms with Crippen molar-refractivity contribution < 1.29 is 18.7 Å². The molecule has 0 bridgehead atoms. The lowest BCUT2D eigenvalue weighted by molar-refractivity contribution is -0.123. The molecule has 22 heavy (non-hydrogen) atoms. The van der Waals surface area contributed by atoms with Gasteiger partial charge in [-0.3, -0.25) is 9.78 Å². The number of benzene rings is 1. The maximum Gasteiger partial charge on any atom is 0.359 e. The van der Waals surface area contributed by atoms with E-state index in [9.17, 15) is 14.0 Å². The van der Waals surface area contributed by atoms with Crippen LogP contribution in [0.1, 0.15) is 23.1 Å². The molecule has 114 valence electrons. The van der Waals surface area contributed by atoms with Gasteiger partial charge in [-0.1, -0.05) is 0 Å². The Balaban J connectivity index is 1.94. The maximum atomic E-state index is 12.8. The van der Waals surface area contributed by atoms with Crippen LogP contribution in [0.4, 0.5) is 10.1 Å². The van der Waals surface area contributed by atoms with Gasteiger partial charge < -0.3 is 10.1 Å². The second-order valence-corrected chi connectivity index (χ2v) is 4.59. The van der Waals surface area contributed by atoms with E-state index in [1.54, 1.807) is 6.92 Å². The molecule has 0 aliphatic rings. The van der Waals surface area contributed by atoms with Gasteiger partial charge in [0.2, 0.25) is 0 Å². The van der Waals surface area contributed by atoms with Gasteiger partial charge in [0, 0.05) is 11.9 Å². The van der Waals surface area contributed by atoms with Crippen molar-refractivity contribution in [3.8, 4) is 0 Å². The minimum Gasteiger partial charge on any atom is -0.448 e. The van der Waals surface area contributed by atoms with Gasteiger partial charge in [-0.05, 0) is 38.1 Å². The number of nitrogens with zero attached hydrogens (tertiary/aromatic N) is 2. The van der Waals surface area contributed by atoms with Crippen LogP contribution in [0.15, 0.2) is 36.7 Å². The smallest absolute Gasteiger partial charge is 0.359 e. The summed E-state index contributed by atoms with van der Waals surface area (Å²) in [6.07, 6.45) is 1.68. The Bertz CT molecular complexity index is 671. The molecule has 0 saturated carbocycles. The SMILES string of the molecule is Cc1cnc(C(=O)O[C@@H](C)C(=O)Nc2ccc(F)cc2)cn1. The summed E-state index contributed by atoms with van der Waals surface area (Å²) in [5.74, 6) is -1.68. The van der Waals surface area contributed by atoms with Gasteiger partial charge in [0.25, 0.3) is 5.91 Å². The third-order valence-electron chi connectivity index (χ3n) is 2.75. The summed E-state index contributed by atoms with van der Waals surface area (Å²) in [6, 6.07) is 5.25. The monoisotopic (exact) mass is 303 g/mol. The van der Waals surface area contributed by atoms with Crippen molar-refractivity contribution in [3.05, 3.63) is 53.9 Å². The second-order valence-electron chi connectivity index (χ2n) is 4.59. The van der Waals surface area contributed by atoms with Gasteiger partial charge in [0.1, 0.15) is 5.82 Å². The fourth-order valence-electron chi connectivity index (χ4n) is 1.55. The Labute approximate surface area is 126 Å². The Morgan fingerprint density at radius 3 is 2.45 bits per heavy atom. The molecule has 2 rings (SSSR count). The molecule has 0 unspecified atom stereocenters. The van der Waals surface area contributed by atoms with E-state index in [0.717, 1.165) is 0 Å². The second kappa shape index (κ2) is 6.75. The zero-order valence-electron chi connectivity index (χ0n) is 12.0. The van der Waals surface area contributed by atoms with E-state index in [0.29, 0.717) is 11.4 Å². The van der Waals surface area contributed by atoms with Crippen LogP contribution < -0.4 is 5.32 Å². The van der Waals surface area contributed by atoms with Crippen molar-refractivity contribution in [1.29, 1.82) is 0 Å². The number of hydrogen-bond donors (Lipinski definition) is 1. The lowest BCUT2D eigenvalue weighted by Crippen LogP contribution is -2.30. The number of aromatic nitrogens is 2. The highest BCUT2D eigenvalue weighted by molar-refractivity contribution is 5.96. The van der Waals surface area contributed by atoms with Gasteiger partial charge in [-0.2, -0.15) is 0 Å². The first-order valence-electron chi connectivity index (χ1n) is 6.52. The molecule has 2 aromatic rings. The number of amides is 1. The van der Waals surface area contributed by atoms with Crippen LogP contribution in [0.3, 0.4) is 0 Å². The molecule has 1 atom stereocenters. The van der Waals surface area contributed by atoms with Crippen molar-refractivity contribution in [3.63, 3.8) is 0 Å². The number of aryl methyl sites for hydroxylation is 1. The minimum absolute atomic E-state index is 0.0204. The van der Waals surface area contributed by atoms with Crippen LogP contribution in [0.5, 0.6) is 0 Å². The molecule has 1 heterocycles. The number of rotatable bonds is 4. The predicted molar refractivity (Wildman–Crippen MR) is 76.7 cm³/mol. The number of esters is 1. The Kier molecular flexibility index (Phi) is 4.77. The van der Waals surface area contributed by atoms with Crippen LogP contribution in [-0.4, -0.2) is 27.9 Å². The highest BCUT2D eigenvalue weighted by Gasteiger charge is 2.20. The summed E-state index contributed by atoms with van der Waals surface area (Å²) in [7, 11) is 0. The van der Waals surface area contributed by atoms with Gasteiger partial charge in [-0.25, -0.2) is 14.2 Å². The summed E-state index contributed by atoms with van der Waals surface area (Å²) < 4.78 is 17.8. The molecule has 6 nitrogen and oxygen atoms in total. The molecule has 0 spiro atoms. The van der Waals surface area contributed by atoms with Crippen LogP contribution >= 0.6 is 0 Å². The van der Waals surface area contributed by atoms with Crippen molar-refractivity contribution in [2.24, 2.45) is 0 Å². The zero-order valence-corrected chi connectivity index (χ0v) is 12.0. The fraction of sp³-hybridized carbons (Fsp3) is 0.200. The number of nitrogens with one attached hydrogen (secondary N) is 1. The largest absolute Gasteiger partial charge is 0.448 e. The normalized spacial score (nSPS) is 11.6. The number of halogens is 1. The number of anilines is 1. The van der Waals surface area contributed by atoms with Crippen molar-refractivity contribution in [2.45, 2.75) is 20.0 Å². The Morgan fingerprint density at radius 1 is 1.18 bits per heavy atom. The van der Waals surface area contributed by atoms with Gasteiger partial charge >= 0.3 is 5.97 Å². The van der Waals surface area contributed by atoms with Crippen molar-refractivity contribution in [1.82, 2.24) is 9.97 Å². The number of hydrogen-bond acceptors (Lipinski definition) is 5. The summed E-state index contributed by atoms with van der Waals surface area (Å²) in [6.45, 7) is 3.17. The molecule has 1 aromatic heterocycles. The van der Waals surface area contributed by atoms with E-state index < -0.39 is 23.8 Å². The number of ether oxygens (including phenoxy) is 1. The molecule has 0 aliphatic heterocycles. The fourth-order valence-corrected chi connectivity index (χ4v) is 1.55. The third kappa shape index (κ3) is 4.08. The summed E-state index contributed by atoms with van der Waals surface area (Å²) >= 11 is 0. The van der Waals surface area contributed by atoms with Crippen molar-refractivity contribution >= 4 is 17.6 Å². The van der Waals surface area contributed by atoms with E-state index >= 15 is 0 Å². The maximum absolute atomic E-state index is 12.8. The summed E-state index contributed by atoms with van der Waals surface area (Å²) in [5, 5.41) is 2.52. The van der Waals surface area contributed by atoms with Crippen LogP contribution in [-0.2, 0) is 9.53 Å². The molecule has 1 N–H and O–H groups in total. The standard InChI is InChI=1S/C15H14FN3O3/c1-9-7-18-13(8-17-9)15(21)22-10(2)14(20)19-12-5-3-11(16)4-6-12/h3-8,10H,1-2H3,(H,19,20)/t10-/m0/s1. The highest BCUT2D eigenvalue weighted by Crippen LogP contribution is 2.10. The van der Waals surface area contributed by atoms with E-state index in [4.69, 9.17) is 4.74 Å². The summed E-state index contributed by atoms with van der Waals surface area (Å²) in [5.41, 5.74) is 1.09.